The summed E-state index contributed by atoms with van der Waals surface area (Å²) in [4.78, 5) is 34.0. The Morgan fingerprint density at radius 1 is 1.15 bits per heavy atom. The molecule has 10 nitrogen and oxygen atoms in total. The molecule has 0 unspecified atom stereocenters. The minimum absolute atomic E-state index is 0.132. The number of para-hydroxylation sites is 1. The number of guanidine groups is 1. The zero-order valence-electron chi connectivity index (χ0n) is 19.3. The number of carbonyl (C=O) groups is 2. The van der Waals surface area contributed by atoms with Crippen LogP contribution in [0.15, 0.2) is 41.4 Å². The number of fused-ring (bicyclic) bond motifs is 1. The molecule has 1 aromatic heterocycles. The number of nitrogens with one attached hydrogen (secondary N) is 3. The van der Waals surface area contributed by atoms with E-state index in [4.69, 9.17) is 5.73 Å². The molecule has 0 bridgehead atoms. The quantitative estimate of drug-likeness (QED) is 0.122. The Bertz CT molecular complexity index is 969. The van der Waals surface area contributed by atoms with Gasteiger partial charge in [-0.3, -0.25) is 14.6 Å². The largest absolute Gasteiger partial charge is 0.475 e. The zero-order chi connectivity index (χ0) is 24.4. The number of carbonyl (C=O) groups excluding carboxylic acids is 2. The Morgan fingerprint density at radius 3 is 2.55 bits per heavy atom. The van der Waals surface area contributed by atoms with Gasteiger partial charge in [0.2, 0.25) is 5.91 Å². The van der Waals surface area contributed by atoms with Crippen LogP contribution >= 0.6 is 0 Å². The smallest absolute Gasteiger partial charge is 0.426 e. The Labute approximate surface area is 194 Å². The zero-order valence-corrected chi connectivity index (χ0v) is 19.3. The molecule has 0 aliphatic rings. The van der Waals surface area contributed by atoms with Crippen molar-refractivity contribution in [1.82, 2.24) is 20.9 Å². The fourth-order valence-electron chi connectivity index (χ4n) is 3.34. The number of rotatable bonds is 11. The third-order valence-electron chi connectivity index (χ3n) is 5.08. The molecule has 1 heterocycles. The Kier molecular flexibility index (Phi) is 10.1. The van der Waals surface area contributed by atoms with Gasteiger partial charge in [-0.15, -0.1) is 0 Å². The molecular formula is C22H33BN6O4. The average molecular weight is 456 g/mol. The van der Waals surface area contributed by atoms with Crippen LogP contribution in [0, 0.1) is 5.92 Å². The second-order valence-electron chi connectivity index (χ2n) is 8.25. The van der Waals surface area contributed by atoms with E-state index in [1.54, 1.807) is 25.2 Å². The van der Waals surface area contributed by atoms with Gasteiger partial charge in [0.25, 0.3) is 5.91 Å². The number of benzene rings is 1. The van der Waals surface area contributed by atoms with Crippen molar-refractivity contribution in [2.75, 3.05) is 13.6 Å². The molecule has 178 valence electrons. The van der Waals surface area contributed by atoms with Gasteiger partial charge in [-0.25, -0.2) is 4.98 Å². The summed E-state index contributed by atoms with van der Waals surface area (Å²) in [6.07, 6.45) is 1.18. The number of amides is 2. The monoisotopic (exact) mass is 456 g/mol. The van der Waals surface area contributed by atoms with Crippen LogP contribution in [0.5, 0.6) is 0 Å². The second kappa shape index (κ2) is 12.8. The van der Waals surface area contributed by atoms with Gasteiger partial charge in [0.05, 0.1) is 11.5 Å². The summed E-state index contributed by atoms with van der Waals surface area (Å²) in [5.41, 5.74) is 6.48. The molecule has 2 rings (SSSR count). The number of hydrogen-bond acceptors (Lipinski definition) is 6. The van der Waals surface area contributed by atoms with Crippen LogP contribution in [0.4, 0.5) is 0 Å². The van der Waals surface area contributed by atoms with Crippen molar-refractivity contribution in [3.8, 4) is 0 Å². The second-order valence-corrected chi connectivity index (χ2v) is 8.25. The van der Waals surface area contributed by atoms with Crippen LogP contribution in [-0.4, -0.2) is 65.5 Å². The Balaban J connectivity index is 2.13. The van der Waals surface area contributed by atoms with Gasteiger partial charge in [-0.05, 0) is 37.3 Å². The molecule has 0 saturated heterocycles. The van der Waals surface area contributed by atoms with Gasteiger partial charge < -0.3 is 31.7 Å². The van der Waals surface area contributed by atoms with E-state index in [9.17, 15) is 19.6 Å². The molecule has 0 spiro atoms. The fraction of sp³-hybridized carbons (Fsp3) is 0.455. The molecule has 2 atom stereocenters. The minimum atomic E-state index is -1.71. The van der Waals surface area contributed by atoms with Gasteiger partial charge in [-0.2, -0.15) is 0 Å². The number of hydrogen-bond donors (Lipinski definition) is 6. The van der Waals surface area contributed by atoms with Crippen molar-refractivity contribution in [2.24, 2.45) is 16.6 Å². The molecule has 0 saturated carbocycles. The van der Waals surface area contributed by atoms with Gasteiger partial charge in [0.1, 0.15) is 11.7 Å². The van der Waals surface area contributed by atoms with E-state index in [1.165, 1.54) is 0 Å². The Hall–Kier alpha value is -3.18. The van der Waals surface area contributed by atoms with Crippen LogP contribution < -0.4 is 21.7 Å². The van der Waals surface area contributed by atoms with E-state index >= 15 is 0 Å². The number of pyridine rings is 1. The van der Waals surface area contributed by atoms with Crippen molar-refractivity contribution < 1.29 is 19.6 Å². The van der Waals surface area contributed by atoms with Gasteiger partial charge in [0.15, 0.2) is 5.96 Å². The van der Waals surface area contributed by atoms with E-state index in [1.807, 2.05) is 32.0 Å². The summed E-state index contributed by atoms with van der Waals surface area (Å²) < 4.78 is 0. The minimum Gasteiger partial charge on any atom is -0.426 e. The lowest BCUT2D eigenvalue weighted by Gasteiger charge is -2.24. The lowest BCUT2D eigenvalue weighted by molar-refractivity contribution is -0.123. The number of aromatic nitrogens is 1. The highest BCUT2D eigenvalue weighted by Gasteiger charge is 2.30. The van der Waals surface area contributed by atoms with Crippen LogP contribution in [-0.2, 0) is 4.79 Å². The van der Waals surface area contributed by atoms with Crippen LogP contribution in [0.2, 0.25) is 0 Å². The molecular weight excluding hydrogens is 423 g/mol. The maximum Gasteiger partial charge on any atom is 0.475 e. The summed E-state index contributed by atoms with van der Waals surface area (Å²) in [7, 11) is -0.151. The molecule has 33 heavy (non-hydrogen) atoms. The lowest BCUT2D eigenvalue weighted by atomic mass is 9.75. The number of aliphatic imine (C=N–C) groups is 1. The third kappa shape index (κ3) is 8.36. The van der Waals surface area contributed by atoms with E-state index in [-0.39, 0.29) is 17.6 Å². The van der Waals surface area contributed by atoms with E-state index < -0.39 is 30.9 Å². The molecule has 0 fully saturated rings. The van der Waals surface area contributed by atoms with Crippen LogP contribution in [0.3, 0.4) is 0 Å². The summed E-state index contributed by atoms with van der Waals surface area (Å²) in [6.45, 7) is 4.28. The third-order valence-corrected chi connectivity index (χ3v) is 5.08. The van der Waals surface area contributed by atoms with Crippen molar-refractivity contribution in [2.45, 2.75) is 45.1 Å². The molecule has 2 amide bonds. The molecule has 0 aliphatic carbocycles. The topological polar surface area (TPSA) is 162 Å². The highest BCUT2D eigenvalue weighted by atomic mass is 16.4. The average Bonchev–Trinajstić information content (AvgIpc) is 2.79. The summed E-state index contributed by atoms with van der Waals surface area (Å²) >= 11 is 0. The first-order chi connectivity index (χ1) is 15.7. The summed E-state index contributed by atoms with van der Waals surface area (Å²) in [5, 5.41) is 28.5. The van der Waals surface area contributed by atoms with Crippen molar-refractivity contribution in [1.29, 1.82) is 0 Å². The van der Waals surface area contributed by atoms with E-state index in [2.05, 4.69) is 25.9 Å². The molecule has 0 radical (unpaired) electrons. The van der Waals surface area contributed by atoms with Crippen molar-refractivity contribution in [3.63, 3.8) is 0 Å². The summed E-state index contributed by atoms with van der Waals surface area (Å²) in [5.74, 6) is -1.43. The predicted octanol–water partition coefficient (Wildman–Crippen LogP) is 0.190. The lowest BCUT2D eigenvalue weighted by Crippen LogP contribution is -2.54. The van der Waals surface area contributed by atoms with Gasteiger partial charge >= 0.3 is 7.12 Å². The van der Waals surface area contributed by atoms with Crippen molar-refractivity contribution >= 4 is 35.8 Å². The highest BCUT2D eigenvalue weighted by molar-refractivity contribution is 6.43. The highest BCUT2D eigenvalue weighted by Crippen LogP contribution is 2.12. The standard InChI is InChI=1S/C22H33BN6O4/c1-14(2)13-19(23(32)33)29-21(31)17(9-6-12-26-22(24)25-3)28-20(30)18-11-10-15-7-4-5-8-16(15)27-18/h4-5,7-8,10-11,14,17,19,32-33H,6,9,12-13H2,1-3H3,(H,28,30)(H,29,31)(H3,24,25,26)/t17-,19-/m0/s1. The van der Waals surface area contributed by atoms with Crippen LogP contribution in [0.25, 0.3) is 10.9 Å². The maximum atomic E-state index is 13.0. The SMILES string of the molecule is CN=C(N)NCCC[C@H](NC(=O)c1ccc2ccccc2n1)C(=O)N[C@@H](CC(C)C)B(O)O. The van der Waals surface area contributed by atoms with E-state index in [0.717, 1.165) is 5.39 Å². The maximum absolute atomic E-state index is 13.0. The molecule has 7 N–H and O–H groups in total. The number of nitrogens with two attached hydrogens (primary N) is 1. The molecule has 2 aromatic rings. The first-order valence-electron chi connectivity index (χ1n) is 11.0. The normalized spacial score (nSPS) is 13.5. The van der Waals surface area contributed by atoms with Gasteiger partial charge in [0, 0.05) is 19.0 Å². The molecule has 11 heteroatoms. The molecule has 1 aromatic carbocycles. The predicted molar refractivity (Wildman–Crippen MR) is 129 cm³/mol. The number of nitrogens with zero attached hydrogens (tertiary/aromatic N) is 2. The van der Waals surface area contributed by atoms with E-state index in [0.29, 0.717) is 31.3 Å². The molecule has 0 aliphatic heterocycles. The van der Waals surface area contributed by atoms with Crippen molar-refractivity contribution in [3.05, 3.63) is 42.1 Å². The summed E-state index contributed by atoms with van der Waals surface area (Å²) in [6, 6.07) is 9.92. The fourth-order valence-corrected chi connectivity index (χ4v) is 3.34. The first kappa shape index (κ1) is 26.1. The Morgan fingerprint density at radius 2 is 1.88 bits per heavy atom. The van der Waals surface area contributed by atoms with Crippen LogP contribution in [0.1, 0.15) is 43.6 Å². The first-order valence-corrected chi connectivity index (χ1v) is 11.0. The van der Waals surface area contributed by atoms with Gasteiger partial charge in [-0.1, -0.05) is 38.1 Å².